The molecule has 2 heterocycles. The summed E-state index contributed by atoms with van der Waals surface area (Å²) >= 11 is 7.29. The van der Waals surface area contributed by atoms with E-state index in [0.717, 1.165) is 23.8 Å². The number of carbonyl (C=O) groups is 1. The maximum absolute atomic E-state index is 12.3. The average molecular weight is 313 g/mol. The van der Waals surface area contributed by atoms with Crippen molar-refractivity contribution in [3.8, 4) is 0 Å². The zero-order chi connectivity index (χ0) is 14.0. The molecule has 20 heavy (non-hydrogen) atoms. The molecule has 1 spiro atoms. The molecule has 110 valence electrons. The first-order valence-corrected chi connectivity index (χ1v) is 8.89. The van der Waals surface area contributed by atoms with Crippen molar-refractivity contribution in [1.29, 1.82) is 0 Å². The van der Waals surface area contributed by atoms with Gasteiger partial charge in [0.1, 0.15) is 5.01 Å². The van der Waals surface area contributed by atoms with Gasteiger partial charge in [-0.2, -0.15) is 0 Å². The van der Waals surface area contributed by atoms with Crippen LogP contribution in [-0.2, 0) is 17.1 Å². The third-order valence-corrected chi connectivity index (χ3v) is 6.05. The smallest absolute Gasteiger partial charge is 0.229 e. The van der Waals surface area contributed by atoms with Crippen molar-refractivity contribution in [3.63, 3.8) is 0 Å². The van der Waals surface area contributed by atoms with Gasteiger partial charge in [-0.3, -0.25) is 4.79 Å². The molecule has 5 heteroatoms. The lowest BCUT2D eigenvalue weighted by molar-refractivity contribution is -0.132. The lowest BCUT2D eigenvalue weighted by Gasteiger charge is -2.39. The minimum Gasteiger partial charge on any atom is -0.342 e. The van der Waals surface area contributed by atoms with Crippen molar-refractivity contribution in [2.45, 2.75) is 50.8 Å². The highest BCUT2D eigenvalue weighted by Gasteiger charge is 2.37. The number of carbonyl (C=O) groups excluding carboxylic acids is 1. The van der Waals surface area contributed by atoms with Gasteiger partial charge in [-0.25, -0.2) is 4.98 Å². The molecular formula is C15H21ClN2OS. The molecule has 3 rings (SSSR count). The minimum atomic E-state index is 0.230. The van der Waals surface area contributed by atoms with Crippen LogP contribution < -0.4 is 0 Å². The van der Waals surface area contributed by atoms with Crippen LogP contribution in [0.15, 0.2) is 5.38 Å². The highest BCUT2D eigenvalue weighted by molar-refractivity contribution is 7.09. The van der Waals surface area contributed by atoms with Crippen LogP contribution in [0, 0.1) is 5.41 Å². The predicted octanol–water partition coefficient (Wildman–Crippen LogP) is 3.61. The van der Waals surface area contributed by atoms with E-state index in [1.54, 1.807) is 11.3 Å². The molecule has 1 saturated carbocycles. The summed E-state index contributed by atoms with van der Waals surface area (Å²) in [5.74, 6) is 0.657. The van der Waals surface area contributed by atoms with Gasteiger partial charge < -0.3 is 4.90 Å². The highest BCUT2D eigenvalue weighted by atomic mass is 35.5. The number of hydrogen-bond acceptors (Lipinski definition) is 3. The maximum Gasteiger partial charge on any atom is 0.229 e. The van der Waals surface area contributed by atoms with Crippen molar-refractivity contribution < 1.29 is 4.79 Å². The lowest BCUT2D eigenvalue weighted by Crippen LogP contribution is -2.42. The molecule has 0 N–H and O–H groups in total. The number of amides is 1. The second kappa shape index (κ2) is 6.02. The SMILES string of the molecule is O=C(Cc1nc(CCl)cs1)N1CCC2(CCCC2)CC1. The van der Waals surface area contributed by atoms with E-state index < -0.39 is 0 Å². The van der Waals surface area contributed by atoms with Crippen LogP contribution in [0.5, 0.6) is 0 Å². The van der Waals surface area contributed by atoms with Gasteiger partial charge in [-0.1, -0.05) is 12.8 Å². The van der Waals surface area contributed by atoms with E-state index in [4.69, 9.17) is 11.6 Å². The first-order chi connectivity index (χ1) is 9.71. The second-order valence-electron chi connectivity index (χ2n) is 6.13. The summed E-state index contributed by atoms with van der Waals surface area (Å²) in [6.07, 6.45) is 8.35. The number of aromatic nitrogens is 1. The molecule has 0 atom stereocenters. The zero-order valence-corrected chi connectivity index (χ0v) is 13.3. The largest absolute Gasteiger partial charge is 0.342 e. The molecule has 1 saturated heterocycles. The van der Waals surface area contributed by atoms with Gasteiger partial charge >= 0.3 is 0 Å². The molecule has 0 radical (unpaired) electrons. The summed E-state index contributed by atoms with van der Waals surface area (Å²) in [6, 6.07) is 0. The Bertz CT molecular complexity index is 472. The number of thiazole rings is 1. The fraction of sp³-hybridized carbons (Fsp3) is 0.733. The Balaban J connectivity index is 1.53. The monoisotopic (exact) mass is 312 g/mol. The topological polar surface area (TPSA) is 33.2 Å². The molecular weight excluding hydrogens is 292 g/mol. The Morgan fingerprint density at radius 2 is 2.00 bits per heavy atom. The summed E-state index contributed by atoms with van der Waals surface area (Å²) in [5, 5.41) is 2.84. The van der Waals surface area contributed by atoms with Gasteiger partial charge in [0.2, 0.25) is 5.91 Å². The number of rotatable bonds is 3. The van der Waals surface area contributed by atoms with Crippen molar-refractivity contribution in [2.75, 3.05) is 13.1 Å². The van der Waals surface area contributed by atoms with Crippen molar-refractivity contribution in [2.24, 2.45) is 5.41 Å². The summed E-state index contributed by atoms with van der Waals surface area (Å²) in [4.78, 5) is 18.7. The summed E-state index contributed by atoms with van der Waals surface area (Å²) in [7, 11) is 0. The van der Waals surface area contributed by atoms with Crippen molar-refractivity contribution >= 4 is 28.8 Å². The number of hydrogen-bond donors (Lipinski definition) is 0. The third-order valence-electron chi connectivity index (χ3n) is 4.88. The zero-order valence-electron chi connectivity index (χ0n) is 11.7. The molecule has 1 aromatic rings. The molecule has 1 aliphatic heterocycles. The van der Waals surface area contributed by atoms with Gasteiger partial charge in [0.15, 0.2) is 0 Å². The number of nitrogens with zero attached hydrogens (tertiary/aromatic N) is 2. The normalized spacial score (nSPS) is 21.6. The Labute approximate surface area is 129 Å². The van der Waals surface area contributed by atoms with Crippen LogP contribution >= 0.6 is 22.9 Å². The minimum absolute atomic E-state index is 0.230. The van der Waals surface area contributed by atoms with Gasteiger partial charge in [-0.15, -0.1) is 22.9 Å². The van der Waals surface area contributed by atoms with Gasteiger partial charge in [0, 0.05) is 18.5 Å². The molecule has 0 aromatic carbocycles. The van der Waals surface area contributed by atoms with Crippen molar-refractivity contribution in [3.05, 3.63) is 16.1 Å². The van der Waals surface area contributed by atoms with Gasteiger partial charge in [0.25, 0.3) is 0 Å². The quantitative estimate of drug-likeness (QED) is 0.799. The van der Waals surface area contributed by atoms with Gasteiger partial charge in [-0.05, 0) is 31.1 Å². The Kier molecular flexibility index (Phi) is 4.32. The molecule has 2 aliphatic rings. The summed E-state index contributed by atoms with van der Waals surface area (Å²) < 4.78 is 0. The van der Waals surface area contributed by atoms with E-state index >= 15 is 0 Å². The number of likely N-dealkylation sites (tertiary alicyclic amines) is 1. The first-order valence-electron chi connectivity index (χ1n) is 7.48. The Morgan fingerprint density at radius 1 is 1.30 bits per heavy atom. The van der Waals surface area contributed by atoms with E-state index in [1.807, 2.05) is 10.3 Å². The molecule has 2 fully saturated rings. The van der Waals surface area contributed by atoms with Crippen LogP contribution in [0.2, 0.25) is 0 Å². The molecule has 0 unspecified atom stereocenters. The molecule has 1 aliphatic carbocycles. The third kappa shape index (κ3) is 3.01. The molecule has 0 bridgehead atoms. The Hall–Kier alpha value is -0.610. The molecule has 1 aromatic heterocycles. The van der Waals surface area contributed by atoms with Gasteiger partial charge in [0.05, 0.1) is 18.0 Å². The van der Waals surface area contributed by atoms with Crippen LogP contribution in [0.4, 0.5) is 0 Å². The fourth-order valence-corrected chi connectivity index (χ4v) is 4.60. The lowest BCUT2D eigenvalue weighted by atomic mass is 9.77. The number of piperidine rings is 1. The van der Waals surface area contributed by atoms with Crippen LogP contribution in [0.3, 0.4) is 0 Å². The summed E-state index contributed by atoms with van der Waals surface area (Å²) in [6.45, 7) is 1.87. The number of halogens is 1. The average Bonchev–Trinajstić information content (AvgIpc) is 3.09. The standard InChI is InChI=1S/C15H21ClN2OS/c16-10-12-11-20-13(17-12)9-14(19)18-7-5-15(6-8-18)3-1-2-4-15/h11H,1-10H2. The highest BCUT2D eigenvalue weighted by Crippen LogP contribution is 2.46. The van der Waals surface area contributed by atoms with Crippen LogP contribution in [-0.4, -0.2) is 28.9 Å². The van der Waals surface area contributed by atoms with E-state index in [2.05, 4.69) is 4.98 Å². The van der Waals surface area contributed by atoms with Crippen LogP contribution in [0.1, 0.15) is 49.2 Å². The number of alkyl halides is 1. The molecule has 1 amide bonds. The van der Waals surface area contributed by atoms with Crippen molar-refractivity contribution in [1.82, 2.24) is 9.88 Å². The predicted molar refractivity (Wildman–Crippen MR) is 82.1 cm³/mol. The molecule has 3 nitrogen and oxygen atoms in total. The second-order valence-corrected chi connectivity index (χ2v) is 7.34. The summed E-state index contributed by atoms with van der Waals surface area (Å²) in [5.41, 5.74) is 1.45. The maximum atomic E-state index is 12.3. The Morgan fingerprint density at radius 3 is 2.60 bits per heavy atom. The fourth-order valence-electron chi connectivity index (χ4n) is 3.59. The van der Waals surface area contributed by atoms with E-state index in [1.165, 1.54) is 38.5 Å². The van der Waals surface area contributed by atoms with Crippen LogP contribution in [0.25, 0.3) is 0 Å². The first kappa shape index (κ1) is 14.3. The van der Waals surface area contributed by atoms with E-state index in [0.29, 0.717) is 17.7 Å². The van der Waals surface area contributed by atoms with E-state index in [-0.39, 0.29) is 5.91 Å². The van der Waals surface area contributed by atoms with E-state index in [9.17, 15) is 4.79 Å².